The third-order valence-corrected chi connectivity index (χ3v) is 6.91. The van der Waals surface area contributed by atoms with Crippen LogP contribution in [0.3, 0.4) is 0 Å². The Kier molecular flexibility index (Phi) is 5.58. The summed E-state index contributed by atoms with van der Waals surface area (Å²) in [6.45, 7) is 4.62. The Hall–Kier alpha value is -1.60. The first kappa shape index (κ1) is 19.2. The predicted molar refractivity (Wildman–Crippen MR) is 101 cm³/mol. The number of morpholine rings is 1. The lowest BCUT2D eigenvalue weighted by Crippen LogP contribution is -2.42. The van der Waals surface area contributed by atoms with E-state index in [1.807, 2.05) is 32.0 Å². The van der Waals surface area contributed by atoms with E-state index in [0.717, 1.165) is 16.7 Å². The van der Waals surface area contributed by atoms with E-state index < -0.39 is 16.1 Å². The van der Waals surface area contributed by atoms with Crippen LogP contribution in [0, 0.1) is 13.8 Å². The molecule has 0 radical (unpaired) electrons. The summed E-state index contributed by atoms with van der Waals surface area (Å²) in [4.78, 5) is 0.183. The van der Waals surface area contributed by atoms with Gasteiger partial charge in [0.15, 0.2) is 0 Å². The van der Waals surface area contributed by atoms with Crippen molar-refractivity contribution in [1.29, 1.82) is 0 Å². The third kappa shape index (κ3) is 3.60. The molecule has 0 aliphatic carbocycles. The van der Waals surface area contributed by atoms with E-state index in [1.54, 1.807) is 18.2 Å². The second-order valence-corrected chi connectivity index (χ2v) is 8.64. The maximum atomic E-state index is 13.2. The Labute approximate surface area is 159 Å². The molecule has 1 heterocycles. The lowest BCUT2D eigenvalue weighted by atomic mass is 10.1. The molecule has 1 aliphatic rings. The molecule has 0 spiro atoms. The molecule has 0 aromatic heterocycles. The molecule has 0 bridgehead atoms. The average molecular weight is 396 g/mol. The number of hydrogen-bond donors (Lipinski definition) is 0. The summed E-state index contributed by atoms with van der Waals surface area (Å²) in [6.07, 6.45) is -0.398. The van der Waals surface area contributed by atoms with E-state index >= 15 is 0 Å². The van der Waals surface area contributed by atoms with Gasteiger partial charge in [-0.05, 0) is 43.2 Å². The first-order valence-electron chi connectivity index (χ1n) is 8.36. The van der Waals surface area contributed by atoms with Gasteiger partial charge in [0.2, 0.25) is 10.0 Å². The SMILES string of the molecule is COc1cc(C)c(C)cc1S(=O)(=O)N1CCOC(c2ccccc2Cl)C1. The molecular weight excluding hydrogens is 374 g/mol. The third-order valence-electron chi connectivity index (χ3n) is 4.68. The standard InChI is InChI=1S/C19H22ClNO4S/c1-13-10-17(24-3)19(11-14(13)2)26(22,23)21-8-9-25-18(12-21)15-6-4-5-7-16(15)20/h4-7,10-11,18H,8-9,12H2,1-3H3. The second kappa shape index (κ2) is 7.56. The first-order valence-corrected chi connectivity index (χ1v) is 10.2. The highest BCUT2D eigenvalue weighted by Gasteiger charge is 2.34. The second-order valence-electron chi connectivity index (χ2n) is 6.33. The molecule has 1 saturated heterocycles. The van der Waals surface area contributed by atoms with Crippen LogP contribution in [0.4, 0.5) is 0 Å². The van der Waals surface area contributed by atoms with Crippen LogP contribution in [-0.2, 0) is 14.8 Å². The van der Waals surface area contributed by atoms with E-state index in [9.17, 15) is 8.42 Å². The molecule has 1 aliphatic heterocycles. The Morgan fingerprint density at radius 1 is 1.19 bits per heavy atom. The Morgan fingerprint density at radius 3 is 2.58 bits per heavy atom. The summed E-state index contributed by atoms with van der Waals surface area (Å²) in [7, 11) is -2.23. The number of methoxy groups -OCH3 is 1. The van der Waals surface area contributed by atoms with Crippen LogP contribution in [-0.4, -0.2) is 39.5 Å². The highest BCUT2D eigenvalue weighted by molar-refractivity contribution is 7.89. The van der Waals surface area contributed by atoms with E-state index in [1.165, 1.54) is 11.4 Å². The van der Waals surface area contributed by atoms with Crippen LogP contribution in [0.1, 0.15) is 22.8 Å². The lowest BCUT2D eigenvalue weighted by Gasteiger charge is -2.33. The Bertz CT molecular complexity index is 914. The zero-order chi connectivity index (χ0) is 18.9. The number of hydrogen-bond acceptors (Lipinski definition) is 4. The number of rotatable bonds is 4. The van der Waals surface area contributed by atoms with Gasteiger partial charge in [0.25, 0.3) is 0 Å². The Morgan fingerprint density at radius 2 is 1.88 bits per heavy atom. The van der Waals surface area contributed by atoms with Crippen molar-refractivity contribution >= 4 is 21.6 Å². The van der Waals surface area contributed by atoms with Gasteiger partial charge in [-0.3, -0.25) is 0 Å². The molecule has 0 saturated carbocycles. The highest BCUT2D eigenvalue weighted by atomic mass is 35.5. The molecule has 0 N–H and O–H groups in total. The molecular formula is C19H22ClNO4S. The van der Waals surface area contributed by atoms with Gasteiger partial charge in [0.05, 0.1) is 19.8 Å². The largest absolute Gasteiger partial charge is 0.495 e. The zero-order valence-corrected chi connectivity index (χ0v) is 16.6. The molecule has 7 heteroatoms. The summed E-state index contributed by atoms with van der Waals surface area (Å²) in [5, 5.41) is 0.570. The van der Waals surface area contributed by atoms with Gasteiger partial charge in [0, 0.05) is 23.7 Å². The number of aryl methyl sites for hydroxylation is 2. The molecule has 26 heavy (non-hydrogen) atoms. The molecule has 140 valence electrons. The molecule has 2 aromatic carbocycles. The fraction of sp³-hybridized carbons (Fsp3) is 0.368. The van der Waals surface area contributed by atoms with Gasteiger partial charge < -0.3 is 9.47 Å². The topological polar surface area (TPSA) is 55.8 Å². The van der Waals surface area contributed by atoms with Crippen molar-refractivity contribution in [2.24, 2.45) is 0 Å². The monoisotopic (exact) mass is 395 g/mol. The fourth-order valence-electron chi connectivity index (χ4n) is 3.03. The smallest absolute Gasteiger partial charge is 0.246 e. The van der Waals surface area contributed by atoms with E-state index in [2.05, 4.69) is 0 Å². The molecule has 1 fully saturated rings. The fourth-order valence-corrected chi connectivity index (χ4v) is 4.94. The van der Waals surface area contributed by atoms with Gasteiger partial charge in [-0.2, -0.15) is 4.31 Å². The van der Waals surface area contributed by atoms with Crippen molar-refractivity contribution < 1.29 is 17.9 Å². The van der Waals surface area contributed by atoms with Crippen molar-refractivity contribution in [3.05, 3.63) is 58.1 Å². The summed E-state index contributed by atoms with van der Waals surface area (Å²) >= 11 is 6.25. The van der Waals surface area contributed by atoms with Crippen LogP contribution in [0.2, 0.25) is 5.02 Å². The quantitative estimate of drug-likeness (QED) is 0.791. The lowest BCUT2D eigenvalue weighted by molar-refractivity contribution is -0.00253. The van der Waals surface area contributed by atoms with Crippen LogP contribution < -0.4 is 4.74 Å². The minimum atomic E-state index is -3.71. The van der Waals surface area contributed by atoms with Crippen LogP contribution in [0.25, 0.3) is 0 Å². The van der Waals surface area contributed by atoms with Crippen molar-refractivity contribution in [2.45, 2.75) is 24.8 Å². The molecule has 0 amide bonds. The van der Waals surface area contributed by atoms with Crippen molar-refractivity contribution in [2.75, 3.05) is 26.8 Å². The number of nitrogens with zero attached hydrogens (tertiary/aromatic N) is 1. The number of benzene rings is 2. The molecule has 1 atom stereocenters. The number of sulfonamides is 1. The van der Waals surface area contributed by atoms with Crippen LogP contribution in [0.5, 0.6) is 5.75 Å². The molecule has 1 unspecified atom stereocenters. The van der Waals surface area contributed by atoms with E-state index in [4.69, 9.17) is 21.1 Å². The number of ether oxygens (including phenoxy) is 2. The van der Waals surface area contributed by atoms with Crippen molar-refractivity contribution in [3.8, 4) is 5.75 Å². The molecule has 3 rings (SSSR count). The minimum absolute atomic E-state index is 0.183. The summed E-state index contributed by atoms with van der Waals surface area (Å²) in [6, 6.07) is 10.8. The first-order chi connectivity index (χ1) is 12.3. The minimum Gasteiger partial charge on any atom is -0.495 e. The summed E-state index contributed by atoms with van der Waals surface area (Å²) in [5.74, 6) is 0.355. The van der Waals surface area contributed by atoms with Gasteiger partial charge >= 0.3 is 0 Å². The van der Waals surface area contributed by atoms with Gasteiger partial charge in [0.1, 0.15) is 10.6 Å². The van der Waals surface area contributed by atoms with E-state index in [-0.39, 0.29) is 11.4 Å². The van der Waals surface area contributed by atoms with Gasteiger partial charge in [-0.1, -0.05) is 29.8 Å². The van der Waals surface area contributed by atoms with Gasteiger partial charge in [-0.25, -0.2) is 8.42 Å². The average Bonchev–Trinajstić information content (AvgIpc) is 2.64. The molecule has 2 aromatic rings. The maximum Gasteiger partial charge on any atom is 0.246 e. The van der Waals surface area contributed by atoms with Gasteiger partial charge in [-0.15, -0.1) is 0 Å². The van der Waals surface area contributed by atoms with Crippen molar-refractivity contribution in [1.82, 2.24) is 4.31 Å². The number of halogens is 1. The highest BCUT2D eigenvalue weighted by Crippen LogP contribution is 2.34. The predicted octanol–water partition coefficient (Wildman–Crippen LogP) is 3.73. The van der Waals surface area contributed by atoms with Crippen LogP contribution in [0.15, 0.2) is 41.3 Å². The van der Waals surface area contributed by atoms with Crippen molar-refractivity contribution in [3.63, 3.8) is 0 Å². The molecule has 5 nitrogen and oxygen atoms in total. The van der Waals surface area contributed by atoms with E-state index in [0.29, 0.717) is 23.9 Å². The summed E-state index contributed by atoms with van der Waals surface area (Å²) in [5.41, 5.74) is 2.68. The van der Waals surface area contributed by atoms with Crippen LogP contribution >= 0.6 is 11.6 Å². The zero-order valence-electron chi connectivity index (χ0n) is 15.0. The maximum absolute atomic E-state index is 13.2. The summed E-state index contributed by atoms with van der Waals surface area (Å²) < 4.78 is 39.1. The normalized spacial score (nSPS) is 18.7. The Balaban J connectivity index is 1.95.